The molecule has 0 fully saturated rings. The first kappa shape index (κ1) is 21.3. The number of thioether (sulfide) groups is 1. The van der Waals surface area contributed by atoms with Crippen LogP contribution in [0.2, 0.25) is 0 Å². The summed E-state index contributed by atoms with van der Waals surface area (Å²) >= 11 is 2.96. The molecule has 1 aromatic heterocycles. The number of rotatable bonds is 8. The Bertz CT molecular complexity index is 999. The highest BCUT2D eigenvalue weighted by molar-refractivity contribution is 8.00. The summed E-state index contributed by atoms with van der Waals surface area (Å²) in [5.41, 5.74) is 2.85. The zero-order valence-electron chi connectivity index (χ0n) is 16.8. The van der Waals surface area contributed by atoms with Crippen molar-refractivity contribution in [3.8, 4) is 0 Å². The SMILES string of the molecule is CCCCC(=O)Nc1ccc(SC(C)C(=O)Nc2nc3ccc(C)cc3s2)cc1. The molecule has 0 saturated heterocycles. The van der Waals surface area contributed by atoms with Gasteiger partial charge in [0.25, 0.3) is 0 Å². The Morgan fingerprint density at radius 2 is 1.90 bits per heavy atom. The van der Waals surface area contributed by atoms with Crippen LogP contribution < -0.4 is 10.6 Å². The molecule has 1 unspecified atom stereocenters. The standard InChI is InChI=1S/C22H25N3O2S2/c1-4-5-6-20(26)23-16-8-10-17(11-9-16)28-15(3)21(27)25-22-24-18-12-7-14(2)13-19(18)29-22/h7-13,15H,4-6H2,1-3H3,(H,23,26)(H,24,25,27). The number of aromatic nitrogens is 1. The van der Waals surface area contributed by atoms with Gasteiger partial charge < -0.3 is 10.6 Å². The first-order valence-electron chi connectivity index (χ1n) is 9.69. The number of hydrogen-bond donors (Lipinski definition) is 2. The molecule has 0 spiro atoms. The Hall–Kier alpha value is -2.38. The molecule has 0 aliphatic rings. The van der Waals surface area contributed by atoms with E-state index < -0.39 is 0 Å². The van der Waals surface area contributed by atoms with Crippen LogP contribution in [0.15, 0.2) is 47.4 Å². The molecule has 2 aromatic carbocycles. The monoisotopic (exact) mass is 427 g/mol. The summed E-state index contributed by atoms with van der Waals surface area (Å²) in [5.74, 6) is -0.0475. The fraction of sp³-hybridized carbons (Fsp3) is 0.318. The van der Waals surface area contributed by atoms with Crippen LogP contribution in [-0.4, -0.2) is 22.0 Å². The normalized spacial score (nSPS) is 12.0. The highest BCUT2D eigenvalue weighted by Gasteiger charge is 2.16. The highest BCUT2D eigenvalue weighted by atomic mass is 32.2. The number of nitrogens with zero attached hydrogens (tertiary/aromatic N) is 1. The minimum Gasteiger partial charge on any atom is -0.326 e. The molecule has 0 saturated carbocycles. The second-order valence-corrected chi connectivity index (χ2v) is 9.36. The third-order valence-electron chi connectivity index (χ3n) is 4.35. The molecule has 0 bridgehead atoms. The van der Waals surface area contributed by atoms with Crippen molar-refractivity contribution in [2.45, 2.75) is 50.2 Å². The third-order valence-corrected chi connectivity index (χ3v) is 6.40. The topological polar surface area (TPSA) is 71.1 Å². The first-order chi connectivity index (χ1) is 13.9. The number of carbonyl (C=O) groups is 2. The van der Waals surface area contributed by atoms with Gasteiger partial charge in [-0.1, -0.05) is 30.7 Å². The molecule has 0 aliphatic heterocycles. The molecule has 0 radical (unpaired) electrons. The van der Waals surface area contributed by atoms with E-state index in [0.717, 1.165) is 33.6 Å². The van der Waals surface area contributed by atoms with E-state index in [4.69, 9.17) is 0 Å². The van der Waals surface area contributed by atoms with Gasteiger partial charge in [-0.2, -0.15) is 0 Å². The molecule has 29 heavy (non-hydrogen) atoms. The van der Waals surface area contributed by atoms with Crippen LogP contribution in [0.1, 0.15) is 38.7 Å². The van der Waals surface area contributed by atoms with Gasteiger partial charge in [0.1, 0.15) is 0 Å². The molecule has 1 heterocycles. The van der Waals surface area contributed by atoms with Gasteiger partial charge in [-0.25, -0.2) is 4.98 Å². The van der Waals surface area contributed by atoms with Crippen molar-refractivity contribution >= 4 is 55.9 Å². The molecule has 152 valence electrons. The molecule has 5 nitrogen and oxygen atoms in total. The van der Waals surface area contributed by atoms with Crippen LogP contribution in [0.4, 0.5) is 10.8 Å². The number of fused-ring (bicyclic) bond motifs is 1. The first-order valence-corrected chi connectivity index (χ1v) is 11.4. The lowest BCUT2D eigenvalue weighted by Gasteiger charge is -2.11. The smallest absolute Gasteiger partial charge is 0.239 e. The molecular formula is C22H25N3O2S2. The largest absolute Gasteiger partial charge is 0.326 e. The van der Waals surface area contributed by atoms with Gasteiger partial charge in [-0.3, -0.25) is 9.59 Å². The number of hydrogen-bond acceptors (Lipinski definition) is 5. The Kier molecular flexibility index (Phi) is 7.28. The van der Waals surface area contributed by atoms with Crippen LogP contribution in [0.5, 0.6) is 0 Å². The summed E-state index contributed by atoms with van der Waals surface area (Å²) in [7, 11) is 0. The molecule has 0 aliphatic carbocycles. The van der Waals surface area contributed by atoms with E-state index in [-0.39, 0.29) is 17.1 Å². The van der Waals surface area contributed by atoms with Crippen molar-refractivity contribution in [2.24, 2.45) is 0 Å². The molecule has 3 rings (SSSR count). The van der Waals surface area contributed by atoms with Crippen LogP contribution in [0.3, 0.4) is 0 Å². The van der Waals surface area contributed by atoms with E-state index in [2.05, 4.69) is 28.6 Å². The van der Waals surface area contributed by atoms with E-state index in [1.54, 1.807) is 0 Å². The highest BCUT2D eigenvalue weighted by Crippen LogP contribution is 2.29. The van der Waals surface area contributed by atoms with Crippen molar-refractivity contribution in [1.29, 1.82) is 0 Å². The van der Waals surface area contributed by atoms with Crippen molar-refractivity contribution in [2.75, 3.05) is 10.6 Å². The van der Waals surface area contributed by atoms with Crippen LogP contribution in [0, 0.1) is 6.92 Å². The summed E-state index contributed by atoms with van der Waals surface area (Å²) < 4.78 is 1.07. The Labute approximate surface area is 179 Å². The molecule has 2 N–H and O–H groups in total. The maximum Gasteiger partial charge on any atom is 0.239 e. The number of aryl methyl sites for hydroxylation is 1. The number of nitrogens with one attached hydrogen (secondary N) is 2. The lowest BCUT2D eigenvalue weighted by molar-refractivity contribution is -0.116. The summed E-state index contributed by atoms with van der Waals surface area (Å²) in [4.78, 5) is 29.8. The van der Waals surface area contributed by atoms with Crippen LogP contribution in [0.25, 0.3) is 10.2 Å². The quantitative estimate of drug-likeness (QED) is 0.442. The predicted molar refractivity (Wildman–Crippen MR) is 123 cm³/mol. The number of thiazole rings is 1. The lowest BCUT2D eigenvalue weighted by Crippen LogP contribution is -2.22. The van der Waals surface area contributed by atoms with Gasteiger partial charge in [0.2, 0.25) is 11.8 Å². The van der Waals surface area contributed by atoms with Crippen molar-refractivity contribution in [1.82, 2.24) is 4.98 Å². The second kappa shape index (κ2) is 9.89. The zero-order chi connectivity index (χ0) is 20.8. The predicted octanol–water partition coefficient (Wildman–Crippen LogP) is 5.85. The van der Waals surface area contributed by atoms with Gasteiger partial charge in [0.15, 0.2) is 5.13 Å². The summed E-state index contributed by atoms with van der Waals surface area (Å²) in [6.45, 7) is 5.98. The average molecular weight is 428 g/mol. The van der Waals surface area contributed by atoms with Crippen molar-refractivity contribution < 1.29 is 9.59 Å². The third kappa shape index (κ3) is 6.05. The van der Waals surface area contributed by atoms with Gasteiger partial charge in [0, 0.05) is 17.0 Å². The van der Waals surface area contributed by atoms with Crippen LogP contribution >= 0.6 is 23.1 Å². The second-order valence-electron chi connectivity index (χ2n) is 6.92. The number of anilines is 2. The van der Waals surface area contributed by atoms with E-state index in [9.17, 15) is 9.59 Å². The van der Waals surface area contributed by atoms with Crippen LogP contribution in [-0.2, 0) is 9.59 Å². The number of benzene rings is 2. The van der Waals surface area contributed by atoms with E-state index in [1.165, 1.54) is 28.7 Å². The Balaban J connectivity index is 1.55. The molecule has 7 heteroatoms. The Morgan fingerprint density at radius 3 is 2.62 bits per heavy atom. The molecule has 2 amide bonds. The van der Waals surface area contributed by atoms with E-state index in [1.807, 2.05) is 50.2 Å². The maximum absolute atomic E-state index is 12.6. The minimum atomic E-state index is -0.270. The van der Waals surface area contributed by atoms with Gasteiger partial charge >= 0.3 is 0 Å². The molecule has 3 aromatic rings. The Morgan fingerprint density at radius 1 is 1.14 bits per heavy atom. The van der Waals surface area contributed by atoms with E-state index >= 15 is 0 Å². The van der Waals surface area contributed by atoms with Gasteiger partial charge in [-0.05, 0) is 62.2 Å². The van der Waals surface area contributed by atoms with E-state index in [0.29, 0.717) is 11.6 Å². The molecule has 1 atom stereocenters. The number of unbranched alkanes of at least 4 members (excludes halogenated alkanes) is 1. The van der Waals surface area contributed by atoms with Crippen molar-refractivity contribution in [3.63, 3.8) is 0 Å². The molecular weight excluding hydrogens is 402 g/mol. The minimum absolute atomic E-state index is 0.0334. The summed E-state index contributed by atoms with van der Waals surface area (Å²) in [6, 6.07) is 13.6. The average Bonchev–Trinajstić information content (AvgIpc) is 3.09. The summed E-state index contributed by atoms with van der Waals surface area (Å²) in [5, 5.41) is 6.16. The number of carbonyl (C=O) groups excluding carboxylic acids is 2. The fourth-order valence-corrected chi connectivity index (χ4v) is 4.56. The van der Waals surface area contributed by atoms with Crippen molar-refractivity contribution in [3.05, 3.63) is 48.0 Å². The maximum atomic E-state index is 12.6. The van der Waals surface area contributed by atoms with Gasteiger partial charge in [0.05, 0.1) is 15.5 Å². The fourth-order valence-electron chi connectivity index (χ4n) is 2.73. The lowest BCUT2D eigenvalue weighted by atomic mass is 10.2. The summed E-state index contributed by atoms with van der Waals surface area (Å²) in [6.07, 6.45) is 2.43. The number of amides is 2. The zero-order valence-corrected chi connectivity index (χ0v) is 18.5. The van der Waals surface area contributed by atoms with Gasteiger partial charge in [-0.15, -0.1) is 11.8 Å².